The van der Waals surface area contributed by atoms with Crippen LogP contribution < -0.4 is 4.90 Å². The molecule has 2 aromatic rings. The predicted molar refractivity (Wildman–Crippen MR) is 83.8 cm³/mol. The number of aryl methyl sites for hydroxylation is 3. The Labute approximate surface area is 125 Å². The monoisotopic (exact) mass is 283 g/mol. The molecule has 3 rings (SSSR count). The lowest BCUT2D eigenvalue weighted by Gasteiger charge is -2.31. The molecule has 110 valence electrons. The number of carbonyl (C=O) groups excluding carboxylic acids is 1. The predicted octanol–water partition coefficient (Wildman–Crippen LogP) is 2.88. The quantitative estimate of drug-likeness (QED) is 0.813. The van der Waals surface area contributed by atoms with E-state index in [2.05, 4.69) is 28.2 Å². The van der Waals surface area contributed by atoms with Crippen LogP contribution in [0.3, 0.4) is 0 Å². The van der Waals surface area contributed by atoms with Gasteiger partial charge in [0.05, 0.1) is 17.9 Å². The van der Waals surface area contributed by atoms with E-state index in [9.17, 15) is 4.79 Å². The second kappa shape index (κ2) is 5.35. The van der Waals surface area contributed by atoms with E-state index < -0.39 is 0 Å². The number of hydrogen-bond acceptors (Lipinski definition) is 3. The van der Waals surface area contributed by atoms with Crippen molar-refractivity contribution in [1.29, 1.82) is 0 Å². The van der Waals surface area contributed by atoms with Crippen LogP contribution in [0.5, 0.6) is 0 Å². The van der Waals surface area contributed by atoms with Crippen molar-refractivity contribution in [2.24, 2.45) is 7.05 Å². The maximum atomic E-state index is 11.5. The minimum absolute atomic E-state index is 0.136. The van der Waals surface area contributed by atoms with E-state index in [4.69, 9.17) is 0 Å². The zero-order valence-electron chi connectivity index (χ0n) is 12.9. The molecule has 1 aliphatic heterocycles. The molecule has 4 heteroatoms. The Kier molecular flexibility index (Phi) is 3.53. The van der Waals surface area contributed by atoms with Crippen LogP contribution in [-0.4, -0.2) is 22.1 Å². The third-order valence-corrected chi connectivity index (χ3v) is 4.15. The zero-order valence-corrected chi connectivity index (χ0v) is 12.9. The molecule has 0 aliphatic carbocycles. The molecule has 0 saturated carbocycles. The Morgan fingerprint density at radius 2 is 2.14 bits per heavy atom. The summed E-state index contributed by atoms with van der Waals surface area (Å²) < 4.78 is 1.95. The summed E-state index contributed by atoms with van der Waals surface area (Å²) in [5, 5.41) is 4.42. The molecule has 1 aliphatic rings. The summed E-state index contributed by atoms with van der Waals surface area (Å²) in [5.41, 5.74) is 5.62. The van der Waals surface area contributed by atoms with Gasteiger partial charge in [-0.15, -0.1) is 0 Å². The summed E-state index contributed by atoms with van der Waals surface area (Å²) in [6.07, 6.45) is 2.18. The van der Waals surface area contributed by atoms with Crippen LogP contribution in [0.4, 0.5) is 5.69 Å². The summed E-state index contributed by atoms with van der Waals surface area (Å²) in [4.78, 5) is 13.9. The Hall–Kier alpha value is -2.10. The van der Waals surface area contributed by atoms with Gasteiger partial charge in [-0.05, 0) is 56.5 Å². The van der Waals surface area contributed by atoms with E-state index in [1.807, 2.05) is 24.7 Å². The minimum Gasteiger partial charge on any atom is -0.365 e. The van der Waals surface area contributed by atoms with E-state index in [1.54, 1.807) is 6.92 Å². The number of benzene rings is 1. The van der Waals surface area contributed by atoms with E-state index in [-0.39, 0.29) is 5.78 Å². The van der Waals surface area contributed by atoms with Gasteiger partial charge < -0.3 is 4.90 Å². The highest BCUT2D eigenvalue weighted by Crippen LogP contribution is 2.29. The number of ketones is 1. The van der Waals surface area contributed by atoms with Gasteiger partial charge in [-0.1, -0.05) is 0 Å². The summed E-state index contributed by atoms with van der Waals surface area (Å²) in [7, 11) is 1.99. The molecule has 0 N–H and O–H groups in total. The topological polar surface area (TPSA) is 38.1 Å². The van der Waals surface area contributed by atoms with Crippen molar-refractivity contribution in [3.63, 3.8) is 0 Å². The van der Waals surface area contributed by atoms with Crippen molar-refractivity contribution in [3.8, 4) is 0 Å². The van der Waals surface area contributed by atoms with Crippen molar-refractivity contribution in [3.05, 3.63) is 46.8 Å². The fourth-order valence-corrected chi connectivity index (χ4v) is 3.07. The molecule has 0 atom stereocenters. The molecule has 1 aromatic carbocycles. The average Bonchev–Trinajstić information content (AvgIpc) is 2.76. The molecule has 0 unspecified atom stereocenters. The third-order valence-electron chi connectivity index (χ3n) is 4.15. The standard InChI is InChI=1S/C17H21N3O/c1-12-9-16(19(3)18-12)11-20-8-4-5-15-10-14(13(2)21)6-7-17(15)20/h6-7,9-10H,4-5,8,11H2,1-3H3. The number of hydrogen-bond donors (Lipinski definition) is 0. The van der Waals surface area contributed by atoms with Crippen LogP contribution in [0.1, 0.15) is 40.7 Å². The van der Waals surface area contributed by atoms with E-state index in [0.717, 1.165) is 37.2 Å². The van der Waals surface area contributed by atoms with Crippen LogP contribution in [0.25, 0.3) is 0 Å². The molecule has 0 bridgehead atoms. The molecular formula is C17H21N3O. The number of nitrogens with zero attached hydrogens (tertiary/aromatic N) is 3. The molecular weight excluding hydrogens is 262 g/mol. The van der Waals surface area contributed by atoms with Crippen molar-refractivity contribution in [2.75, 3.05) is 11.4 Å². The molecule has 0 amide bonds. The van der Waals surface area contributed by atoms with Crippen LogP contribution in [-0.2, 0) is 20.0 Å². The number of carbonyl (C=O) groups is 1. The van der Waals surface area contributed by atoms with Crippen LogP contribution >= 0.6 is 0 Å². The van der Waals surface area contributed by atoms with E-state index in [0.29, 0.717) is 0 Å². The number of rotatable bonds is 3. The van der Waals surface area contributed by atoms with Crippen LogP contribution in [0.15, 0.2) is 24.3 Å². The van der Waals surface area contributed by atoms with Crippen LogP contribution in [0, 0.1) is 6.92 Å². The Morgan fingerprint density at radius 1 is 1.33 bits per heavy atom. The second-order valence-corrected chi connectivity index (χ2v) is 5.83. The van der Waals surface area contributed by atoms with Gasteiger partial charge in [0, 0.05) is 24.8 Å². The maximum absolute atomic E-state index is 11.5. The summed E-state index contributed by atoms with van der Waals surface area (Å²) in [6.45, 7) is 5.56. The van der Waals surface area contributed by atoms with Gasteiger partial charge in [0.15, 0.2) is 5.78 Å². The fraction of sp³-hybridized carbons (Fsp3) is 0.412. The zero-order chi connectivity index (χ0) is 15.0. The number of aromatic nitrogens is 2. The molecule has 0 spiro atoms. The van der Waals surface area contributed by atoms with Crippen molar-refractivity contribution in [1.82, 2.24) is 9.78 Å². The lowest BCUT2D eigenvalue weighted by Crippen LogP contribution is -2.29. The first-order valence-corrected chi connectivity index (χ1v) is 7.43. The summed E-state index contributed by atoms with van der Waals surface area (Å²) in [5.74, 6) is 0.136. The van der Waals surface area contributed by atoms with Crippen molar-refractivity contribution in [2.45, 2.75) is 33.2 Å². The third kappa shape index (κ3) is 2.71. The van der Waals surface area contributed by atoms with Gasteiger partial charge in [-0.3, -0.25) is 9.48 Å². The average molecular weight is 283 g/mol. The first kappa shape index (κ1) is 13.9. The van der Waals surface area contributed by atoms with Gasteiger partial charge in [0.25, 0.3) is 0 Å². The fourth-order valence-electron chi connectivity index (χ4n) is 3.07. The largest absolute Gasteiger partial charge is 0.365 e. The van der Waals surface area contributed by atoms with Gasteiger partial charge in [-0.2, -0.15) is 5.10 Å². The smallest absolute Gasteiger partial charge is 0.159 e. The maximum Gasteiger partial charge on any atom is 0.159 e. The van der Waals surface area contributed by atoms with Gasteiger partial charge in [-0.25, -0.2) is 0 Å². The molecule has 2 heterocycles. The minimum atomic E-state index is 0.136. The van der Waals surface area contributed by atoms with E-state index >= 15 is 0 Å². The Bertz CT molecular complexity index is 687. The number of Topliss-reactive ketones (excluding diaryl/α,β-unsaturated/α-hetero) is 1. The van der Waals surface area contributed by atoms with Crippen molar-refractivity contribution < 1.29 is 4.79 Å². The first-order valence-electron chi connectivity index (χ1n) is 7.43. The molecule has 0 fully saturated rings. The highest BCUT2D eigenvalue weighted by atomic mass is 16.1. The molecule has 0 radical (unpaired) electrons. The lowest BCUT2D eigenvalue weighted by atomic mass is 9.98. The van der Waals surface area contributed by atoms with Gasteiger partial charge in [0.2, 0.25) is 0 Å². The van der Waals surface area contributed by atoms with Crippen LogP contribution in [0.2, 0.25) is 0 Å². The molecule has 4 nitrogen and oxygen atoms in total. The normalized spacial score (nSPS) is 14.1. The second-order valence-electron chi connectivity index (χ2n) is 5.83. The van der Waals surface area contributed by atoms with Gasteiger partial charge >= 0.3 is 0 Å². The number of fused-ring (bicyclic) bond motifs is 1. The molecule has 1 aromatic heterocycles. The Morgan fingerprint density at radius 3 is 2.81 bits per heavy atom. The van der Waals surface area contributed by atoms with E-state index in [1.165, 1.54) is 16.9 Å². The molecule has 0 saturated heterocycles. The summed E-state index contributed by atoms with van der Waals surface area (Å²) in [6, 6.07) is 8.22. The Balaban J connectivity index is 1.90. The first-order chi connectivity index (χ1) is 10.0. The van der Waals surface area contributed by atoms with Crippen molar-refractivity contribution >= 4 is 11.5 Å². The van der Waals surface area contributed by atoms with Gasteiger partial charge in [0.1, 0.15) is 0 Å². The highest BCUT2D eigenvalue weighted by Gasteiger charge is 2.19. The molecule has 21 heavy (non-hydrogen) atoms. The SMILES string of the molecule is CC(=O)c1ccc2c(c1)CCCN2Cc1cc(C)nn1C. The highest BCUT2D eigenvalue weighted by molar-refractivity contribution is 5.94. The number of anilines is 1. The summed E-state index contributed by atoms with van der Waals surface area (Å²) >= 11 is 0. The lowest BCUT2D eigenvalue weighted by molar-refractivity contribution is 0.101.